The van der Waals surface area contributed by atoms with Crippen LogP contribution in [0.15, 0.2) is 0 Å². The summed E-state index contributed by atoms with van der Waals surface area (Å²) in [6, 6.07) is 0. The topological polar surface area (TPSA) is 74.4 Å². The molecule has 1 aromatic rings. The minimum atomic E-state index is -0.370. The van der Waals surface area contributed by atoms with Crippen molar-refractivity contribution in [2.75, 3.05) is 26.2 Å². The van der Waals surface area contributed by atoms with Gasteiger partial charge in [0.1, 0.15) is 5.69 Å². The number of esters is 1. The average Bonchev–Trinajstić information content (AvgIpc) is 3.02. The van der Waals surface area contributed by atoms with Crippen molar-refractivity contribution in [3.63, 3.8) is 0 Å². The number of H-pyrrole nitrogens is 1. The summed E-state index contributed by atoms with van der Waals surface area (Å²) in [6.45, 7) is 8.69. The molecule has 1 saturated heterocycles. The van der Waals surface area contributed by atoms with Gasteiger partial charge in [0.05, 0.1) is 12.2 Å². The van der Waals surface area contributed by atoms with Gasteiger partial charge in [0, 0.05) is 17.8 Å². The molecule has 2 N–H and O–H groups in total. The van der Waals surface area contributed by atoms with Crippen LogP contribution in [0.4, 0.5) is 0 Å². The van der Waals surface area contributed by atoms with Crippen molar-refractivity contribution in [2.45, 2.75) is 77.7 Å². The molecule has 2 aliphatic rings. The second-order valence-electron chi connectivity index (χ2n) is 8.36. The van der Waals surface area contributed by atoms with Crippen LogP contribution in [-0.4, -0.2) is 53.5 Å². The molecule has 6 heteroatoms. The molecule has 1 amide bonds. The van der Waals surface area contributed by atoms with Crippen LogP contribution >= 0.6 is 0 Å². The molecule has 0 spiro atoms. The number of rotatable bonds is 6. The lowest BCUT2D eigenvalue weighted by molar-refractivity contribution is 0.0326. The van der Waals surface area contributed by atoms with Crippen LogP contribution in [0.2, 0.25) is 0 Å². The van der Waals surface area contributed by atoms with E-state index in [9.17, 15) is 9.59 Å². The molecule has 0 radical (unpaired) electrons. The largest absolute Gasteiger partial charge is 0.462 e. The number of aromatic nitrogens is 1. The van der Waals surface area contributed by atoms with Gasteiger partial charge in [0.25, 0.3) is 5.91 Å². The molecule has 6 nitrogen and oxygen atoms in total. The third-order valence-corrected chi connectivity index (χ3v) is 6.53. The summed E-state index contributed by atoms with van der Waals surface area (Å²) in [6.07, 6.45) is 9.91. The quantitative estimate of drug-likeness (QED) is 0.727. The maximum Gasteiger partial charge on any atom is 0.340 e. The highest BCUT2D eigenvalue weighted by atomic mass is 16.5. The van der Waals surface area contributed by atoms with E-state index in [1.807, 2.05) is 13.8 Å². The molecule has 0 unspecified atom stereocenters. The smallest absolute Gasteiger partial charge is 0.340 e. The van der Waals surface area contributed by atoms with Crippen molar-refractivity contribution in [1.82, 2.24) is 15.2 Å². The number of aromatic amines is 1. The zero-order valence-corrected chi connectivity index (χ0v) is 17.7. The van der Waals surface area contributed by atoms with Crippen molar-refractivity contribution < 1.29 is 14.3 Å². The molecular weight excluding hydrogens is 354 g/mol. The second kappa shape index (κ2) is 9.12. The molecule has 0 aromatic carbocycles. The number of carbonyl (C=O) groups excluding carboxylic acids is 2. The number of hydrogen-bond acceptors (Lipinski definition) is 4. The Morgan fingerprint density at radius 3 is 2.36 bits per heavy atom. The van der Waals surface area contributed by atoms with Crippen molar-refractivity contribution >= 4 is 11.9 Å². The predicted octanol–water partition coefficient (Wildman–Crippen LogP) is 3.73. The van der Waals surface area contributed by atoms with Gasteiger partial charge in [-0.1, -0.05) is 25.7 Å². The number of likely N-dealkylation sites (tertiary alicyclic amines) is 1. The minimum Gasteiger partial charge on any atom is -0.462 e. The molecule has 0 bridgehead atoms. The maximum atomic E-state index is 13.0. The molecular formula is C22H35N3O3. The van der Waals surface area contributed by atoms with E-state index in [0.29, 0.717) is 35.7 Å². The Bertz CT molecular complexity index is 698. The van der Waals surface area contributed by atoms with E-state index in [1.165, 1.54) is 38.5 Å². The number of carbonyl (C=O) groups is 2. The standard InChI is InChI=1S/C22H35N3O3/c1-4-28-21(27)18-16(2)19(24-17(18)3)20(26)23-15-22(11-7-5-8-12-22)25-13-9-6-10-14-25/h24H,4-15H2,1-3H3,(H,23,26). The zero-order valence-electron chi connectivity index (χ0n) is 17.7. The highest BCUT2D eigenvalue weighted by molar-refractivity contribution is 6.00. The molecule has 0 atom stereocenters. The molecule has 3 rings (SSSR count). The summed E-state index contributed by atoms with van der Waals surface area (Å²) in [5, 5.41) is 3.20. The van der Waals surface area contributed by atoms with Crippen molar-refractivity contribution in [3.8, 4) is 0 Å². The van der Waals surface area contributed by atoms with Gasteiger partial charge in [-0.2, -0.15) is 0 Å². The fraction of sp³-hybridized carbons (Fsp3) is 0.727. The molecule has 1 saturated carbocycles. The molecule has 1 aromatic heterocycles. The number of hydrogen-bond donors (Lipinski definition) is 2. The summed E-state index contributed by atoms with van der Waals surface area (Å²) in [7, 11) is 0. The van der Waals surface area contributed by atoms with Crippen molar-refractivity contribution in [2.24, 2.45) is 0 Å². The number of aryl methyl sites for hydroxylation is 1. The SMILES string of the molecule is CCOC(=O)c1c(C)[nH]c(C(=O)NCC2(N3CCCCC3)CCCCC2)c1C. The zero-order chi connectivity index (χ0) is 20.1. The predicted molar refractivity (Wildman–Crippen MR) is 110 cm³/mol. The monoisotopic (exact) mass is 389 g/mol. The highest BCUT2D eigenvalue weighted by Crippen LogP contribution is 2.35. The summed E-state index contributed by atoms with van der Waals surface area (Å²) in [4.78, 5) is 30.9. The van der Waals surface area contributed by atoms with Crippen molar-refractivity contribution in [1.29, 1.82) is 0 Å². The number of nitrogens with one attached hydrogen (secondary N) is 2. The summed E-state index contributed by atoms with van der Waals surface area (Å²) in [5.41, 5.74) is 2.41. The van der Waals surface area contributed by atoms with Gasteiger partial charge in [-0.3, -0.25) is 9.69 Å². The molecule has 28 heavy (non-hydrogen) atoms. The lowest BCUT2D eigenvalue weighted by Crippen LogP contribution is -2.58. The van der Waals surface area contributed by atoms with Gasteiger partial charge in [0.15, 0.2) is 0 Å². The lowest BCUT2D eigenvalue weighted by Gasteiger charge is -2.48. The van der Waals surface area contributed by atoms with Gasteiger partial charge in [-0.25, -0.2) is 4.79 Å². The van der Waals surface area contributed by atoms with E-state index in [4.69, 9.17) is 4.74 Å². The fourth-order valence-corrected chi connectivity index (χ4v) is 5.00. The number of nitrogens with zero attached hydrogens (tertiary/aromatic N) is 1. The number of piperidine rings is 1. The van der Waals surface area contributed by atoms with Gasteiger partial charge >= 0.3 is 5.97 Å². The first kappa shape index (κ1) is 20.9. The Morgan fingerprint density at radius 2 is 1.71 bits per heavy atom. The Morgan fingerprint density at radius 1 is 1.07 bits per heavy atom. The van der Waals surface area contributed by atoms with Crippen molar-refractivity contribution in [3.05, 3.63) is 22.5 Å². The normalized spacial score (nSPS) is 20.0. The molecule has 1 aliphatic heterocycles. The second-order valence-corrected chi connectivity index (χ2v) is 8.36. The van der Waals surface area contributed by atoms with Gasteiger partial charge < -0.3 is 15.0 Å². The van der Waals surface area contributed by atoms with Crippen LogP contribution in [0.5, 0.6) is 0 Å². The van der Waals surface area contributed by atoms with Crippen LogP contribution in [0, 0.1) is 13.8 Å². The summed E-state index contributed by atoms with van der Waals surface area (Å²) < 4.78 is 5.14. The molecule has 2 heterocycles. The Hall–Kier alpha value is -1.82. The number of amides is 1. The highest BCUT2D eigenvalue weighted by Gasteiger charge is 2.38. The molecule has 156 valence electrons. The van der Waals surface area contributed by atoms with Crippen LogP contribution in [0.25, 0.3) is 0 Å². The summed E-state index contributed by atoms with van der Waals surface area (Å²) in [5.74, 6) is -0.497. The Balaban J connectivity index is 1.73. The third-order valence-electron chi connectivity index (χ3n) is 6.53. The van der Waals surface area contributed by atoms with E-state index in [0.717, 1.165) is 25.9 Å². The first-order valence-corrected chi connectivity index (χ1v) is 10.9. The van der Waals surface area contributed by atoms with Crippen LogP contribution in [-0.2, 0) is 4.74 Å². The van der Waals surface area contributed by atoms with E-state index in [-0.39, 0.29) is 17.4 Å². The van der Waals surface area contributed by atoms with Crippen LogP contribution < -0.4 is 5.32 Å². The van der Waals surface area contributed by atoms with Gasteiger partial charge in [0.2, 0.25) is 0 Å². The van der Waals surface area contributed by atoms with Crippen LogP contribution in [0.3, 0.4) is 0 Å². The van der Waals surface area contributed by atoms with E-state index in [2.05, 4.69) is 15.2 Å². The Labute approximate surface area is 168 Å². The number of ether oxygens (including phenoxy) is 1. The first-order chi connectivity index (χ1) is 13.5. The van der Waals surface area contributed by atoms with E-state index < -0.39 is 0 Å². The first-order valence-electron chi connectivity index (χ1n) is 10.9. The average molecular weight is 390 g/mol. The fourth-order valence-electron chi connectivity index (χ4n) is 5.00. The van der Waals surface area contributed by atoms with E-state index in [1.54, 1.807) is 6.92 Å². The van der Waals surface area contributed by atoms with E-state index >= 15 is 0 Å². The summed E-state index contributed by atoms with van der Waals surface area (Å²) >= 11 is 0. The van der Waals surface area contributed by atoms with Gasteiger partial charge in [-0.15, -0.1) is 0 Å². The molecule has 1 aliphatic carbocycles. The van der Waals surface area contributed by atoms with Gasteiger partial charge in [-0.05, 0) is 65.1 Å². The molecule has 2 fully saturated rings. The minimum absolute atomic E-state index is 0.0911. The lowest BCUT2D eigenvalue weighted by atomic mass is 9.79. The third kappa shape index (κ3) is 4.27. The Kier molecular flexibility index (Phi) is 6.81. The maximum absolute atomic E-state index is 13.0. The van der Waals surface area contributed by atoms with Crippen LogP contribution in [0.1, 0.15) is 90.4 Å².